The lowest BCUT2D eigenvalue weighted by molar-refractivity contribution is -0.114. The Balaban J connectivity index is 1.71. The SMILES string of the molecule is CC(=O)Nc1cccc(C(=O)NCc2nnnn2-c2cccc(Br)c2)c1. The van der Waals surface area contributed by atoms with Crippen LogP contribution in [0.3, 0.4) is 0 Å². The predicted octanol–water partition coefficient (Wildman–Crippen LogP) is 2.31. The van der Waals surface area contributed by atoms with Crippen LogP contribution in [0.2, 0.25) is 0 Å². The number of carbonyl (C=O) groups is 2. The molecular weight excluding hydrogens is 400 g/mol. The number of anilines is 1. The molecule has 0 spiro atoms. The number of tetrazole rings is 1. The van der Waals surface area contributed by atoms with Gasteiger partial charge in [0.25, 0.3) is 5.91 Å². The van der Waals surface area contributed by atoms with Crippen molar-refractivity contribution in [1.29, 1.82) is 0 Å². The number of nitrogens with zero attached hydrogens (tertiary/aromatic N) is 4. The molecule has 2 N–H and O–H groups in total. The maximum atomic E-state index is 12.4. The van der Waals surface area contributed by atoms with E-state index in [1.165, 1.54) is 6.92 Å². The number of rotatable bonds is 5. The van der Waals surface area contributed by atoms with Crippen LogP contribution in [0.1, 0.15) is 23.1 Å². The maximum Gasteiger partial charge on any atom is 0.251 e. The lowest BCUT2D eigenvalue weighted by Crippen LogP contribution is -2.25. The first kappa shape index (κ1) is 17.7. The van der Waals surface area contributed by atoms with E-state index < -0.39 is 0 Å². The van der Waals surface area contributed by atoms with Crippen LogP contribution in [0.4, 0.5) is 5.69 Å². The molecule has 0 radical (unpaired) electrons. The Morgan fingerprint density at radius 3 is 2.73 bits per heavy atom. The second-order valence-corrected chi connectivity index (χ2v) is 6.35. The molecule has 2 aromatic carbocycles. The third kappa shape index (κ3) is 4.31. The Morgan fingerprint density at radius 2 is 1.96 bits per heavy atom. The molecule has 1 aromatic heterocycles. The van der Waals surface area contributed by atoms with E-state index in [9.17, 15) is 9.59 Å². The van der Waals surface area contributed by atoms with Crippen LogP contribution in [0.5, 0.6) is 0 Å². The van der Waals surface area contributed by atoms with Crippen molar-refractivity contribution in [2.24, 2.45) is 0 Å². The van der Waals surface area contributed by atoms with Crippen molar-refractivity contribution in [2.45, 2.75) is 13.5 Å². The van der Waals surface area contributed by atoms with Gasteiger partial charge in [0.1, 0.15) is 0 Å². The third-order valence-corrected chi connectivity index (χ3v) is 3.93. The van der Waals surface area contributed by atoms with E-state index in [-0.39, 0.29) is 18.4 Å². The highest BCUT2D eigenvalue weighted by Gasteiger charge is 2.12. The number of amides is 2. The molecule has 0 aliphatic heterocycles. The number of hydrogen-bond acceptors (Lipinski definition) is 5. The fourth-order valence-electron chi connectivity index (χ4n) is 2.33. The fraction of sp³-hybridized carbons (Fsp3) is 0.118. The van der Waals surface area contributed by atoms with E-state index in [4.69, 9.17) is 0 Å². The van der Waals surface area contributed by atoms with E-state index in [0.717, 1.165) is 10.2 Å². The quantitative estimate of drug-likeness (QED) is 0.666. The average Bonchev–Trinajstić information content (AvgIpc) is 3.08. The van der Waals surface area contributed by atoms with E-state index in [0.29, 0.717) is 17.1 Å². The van der Waals surface area contributed by atoms with E-state index in [2.05, 4.69) is 42.1 Å². The Morgan fingerprint density at radius 1 is 1.15 bits per heavy atom. The number of nitrogens with one attached hydrogen (secondary N) is 2. The molecule has 3 rings (SSSR count). The highest BCUT2D eigenvalue weighted by molar-refractivity contribution is 9.10. The molecule has 3 aromatic rings. The maximum absolute atomic E-state index is 12.4. The van der Waals surface area contributed by atoms with Gasteiger partial charge in [-0.25, -0.2) is 0 Å². The minimum absolute atomic E-state index is 0.155. The molecular formula is C17H15BrN6O2. The lowest BCUT2D eigenvalue weighted by atomic mass is 10.2. The summed E-state index contributed by atoms with van der Waals surface area (Å²) in [6.07, 6.45) is 0. The van der Waals surface area contributed by atoms with Gasteiger partial charge in [-0.1, -0.05) is 28.1 Å². The van der Waals surface area contributed by atoms with Gasteiger partial charge in [0.05, 0.1) is 12.2 Å². The van der Waals surface area contributed by atoms with Gasteiger partial charge >= 0.3 is 0 Å². The van der Waals surface area contributed by atoms with Gasteiger partial charge in [0.2, 0.25) is 5.91 Å². The Hall–Kier alpha value is -3.07. The van der Waals surface area contributed by atoms with Crippen LogP contribution >= 0.6 is 15.9 Å². The molecule has 2 amide bonds. The first-order valence-electron chi connectivity index (χ1n) is 7.72. The van der Waals surface area contributed by atoms with Crippen molar-refractivity contribution in [2.75, 3.05) is 5.32 Å². The van der Waals surface area contributed by atoms with Gasteiger partial charge in [-0.15, -0.1) is 5.10 Å². The van der Waals surface area contributed by atoms with Crippen molar-refractivity contribution in [3.8, 4) is 5.69 Å². The number of hydrogen-bond donors (Lipinski definition) is 2. The van der Waals surface area contributed by atoms with Crippen molar-refractivity contribution in [1.82, 2.24) is 25.5 Å². The highest BCUT2D eigenvalue weighted by atomic mass is 79.9. The molecule has 8 nitrogen and oxygen atoms in total. The average molecular weight is 415 g/mol. The summed E-state index contributed by atoms with van der Waals surface area (Å²) in [7, 11) is 0. The smallest absolute Gasteiger partial charge is 0.251 e. The van der Waals surface area contributed by atoms with Crippen LogP contribution in [0.25, 0.3) is 5.69 Å². The topological polar surface area (TPSA) is 102 Å². The minimum atomic E-state index is -0.291. The Labute approximate surface area is 157 Å². The summed E-state index contributed by atoms with van der Waals surface area (Å²) in [5, 5.41) is 17.0. The number of benzene rings is 2. The molecule has 0 aliphatic carbocycles. The largest absolute Gasteiger partial charge is 0.345 e. The molecule has 132 valence electrons. The summed E-state index contributed by atoms with van der Waals surface area (Å²) in [6.45, 7) is 1.57. The molecule has 0 fully saturated rings. The number of aromatic nitrogens is 4. The van der Waals surface area contributed by atoms with Crippen LogP contribution in [-0.4, -0.2) is 32.0 Å². The Bertz CT molecular complexity index is 956. The Kier molecular flexibility index (Phi) is 5.37. The van der Waals surface area contributed by atoms with Crippen LogP contribution in [0.15, 0.2) is 53.0 Å². The van der Waals surface area contributed by atoms with Crippen molar-refractivity contribution in [3.05, 3.63) is 64.4 Å². The van der Waals surface area contributed by atoms with Crippen LogP contribution in [0, 0.1) is 0 Å². The molecule has 0 atom stereocenters. The zero-order chi connectivity index (χ0) is 18.5. The zero-order valence-corrected chi connectivity index (χ0v) is 15.4. The summed E-state index contributed by atoms with van der Waals surface area (Å²) in [4.78, 5) is 23.5. The van der Waals surface area contributed by atoms with E-state index in [1.54, 1.807) is 28.9 Å². The second kappa shape index (κ2) is 7.87. The molecule has 0 bridgehead atoms. The lowest BCUT2D eigenvalue weighted by Gasteiger charge is -2.08. The van der Waals surface area contributed by atoms with Crippen LogP contribution in [-0.2, 0) is 11.3 Å². The normalized spacial score (nSPS) is 10.4. The third-order valence-electron chi connectivity index (χ3n) is 3.44. The molecule has 1 heterocycles. The van der Waals surface area contributed by atoms with Crippen LogP contribution < -0.4 is 10.6 Å². The molecule has 9 heteroatoms. The molecule has 0 saturated heterocycles. The molecule has 0 saturated carbocycles. The van der Waals surface area contributed by atoms with Crippen molar-refractivity contribution >= 4 is 33.4 Å². The van der Waals surface area contributed by atoms with Crippen molar-refractivity contribution in [3.63, 3.8) is 0 Å². The predicted molar refractivity (Wildman–Crippen MR) is 98.8 cm³/mol. The van der Waals surface area contributed by atoms with Gasteiger partial charge in [-0.2, -0.15) is 4.68 Å². The summed E-state index contributed by atoms with van der Waals surface area (Å²) >= 11 is 3.41. The molecule has 0 unspecified atom stereocenters. The zero-order valence-electron chi connectivity index (χ0n) is 13.8. The standard InChI is InChI=1S/C17H15BrN6O2/c1-11(25)20-14-6-2-4-12(8-14)17(26)19-10-16-21-22-23-24(16)15-7-3-5-13(18)9-15/h2-9H,10H2,1H3,(H,19,26)(H,20,25). The summed E-state index contributed by atoms with van der Waals surface area (Å²) in [5.41, 5.74) is 1.77. The van der Waals surface area contributed by atoms with E-state index in [1.807, 2.05) is 24.3 Å². The molecule has 0 aliphatic rings. The fourth-order valence-corrected chi connectivity index (χ4v) is 2.71. The second-order valence-electron chi connectivity index (χ2n) is 5.43. The van der Waals surface area contributed by atoms with Gasteiger partial charge in [-0.3, -0.25) is 9.59 Å². The number of halogens is 1. The molecule has 26 heavy (non-hydrogen) atoms. The monoisotopic (exact) mass is 414 g/mol. The first-order valence-corrected chi connectivity index (χ1v) is 8.51. The summed E-state index contributed by atoms with van der Waals surface area (Å²) < 4.78 is 2.45. The van der Waals surface area contributed by atoms with Crippen molar-refractivity contribution < 1.29 is 9.59 Å². The van der Waals surface area contributed by atoms with E-state index >= 15 is 0 Å². The van der Waals surface area contributed by atoms with Gasteiger partial charge < -0.3 is 10.6 Å². The first-order chi connectivity index (χ1) is 12.5. The van der Waals surface area contributed by atoms with Gasteiger partial charge in [0.15, 0.2) is 5.82 Å². The summed E-state index contributed by atoms with van der Waals surface area (Å²) in [6, 6.07) is 14.2. The van der Waals surface area contributed by atoms with Gasteiger partial charge in [0, 0.05) is 22.6 Å². The number of carbonyl (C=O) groups excluding carboxylic acids is 2. The summed E-state index contributed by atoms with van der Waals surface area (Å²) in [5.74, 6) is 0.00576. The highest BCUT2D eigenvalue weighted by Crippen LogP contribution is 2.15. The van der Waals surface area contributed by atoms with Gasteiger partial charge in [-0.05, 0) is 46.8 Å². The minimum Gasteiger partial charge on any atom is -0.345 e.